The quantitative estimate of drug-likeness (QED) is 0.482. The fourth-order valence-electron chi connectivity index (χ4n) is 4.39. The van der Waals surface area contributed by atoms with Crippen molar-refractivity contribution in [2.24, 2.45) is 11.8 Å². The van der Waals surface area contributed by atoms with Crippen LogP contribution in [0.2, 0.25) is 0 Å². The molecule has 0 bridgehead atoms. The van der Waals surface area contributed by atoms with Gasteiger partial charge in [0.25, 0.3) is 5.92 Å². The van der Waals surface area contributed by atoms with Crippen molar-refractivity contribution in [2.75, 3.05) is 0 Å². The number of nitrogens with zero attached hydrogens (tertiary/aromatic N) is 2. The van der Waals surface area contributed by atoms with Crippen molar-refractivity contribution in [2.45, 2.75) is 57.4 Å². The molecule has 1 heterocycles. The average molecular weight is 428 g/mol. The van der Waals surface area contributed by atoms with Gasteiger partial charge in [-0.3, -0.25) is 4.68 Å². The number of fused-ring (bicyclic) bond motifs is 1. The summed E-state index contributed by atoms with van der Waals surface area (Å²) in [4.78, 5) is 12.4. The first kappa shape index (κ1) is 20.8. The van der Waals surface area contributed by atoms with Gasteiger partial charge in [0.2, 0.25) is 0 Å². The Morgan fingerprint density at radius 2 is 1.90 bits per heavy atom. The van der Waals surface area contributed by atoms with Crippen LogP contribution in [0.15, 0.2) is 30.3 Å². The minimum atomic E-state index is -4.94. The topological polar surface area (TPSA) is 44.1 Å². The van der Waals surface area contributed by atoms with E-state index in [4.69, 9.17) is 4.74 Å². The van der Waals surface area contributed by atoms with E-state index in [2.05, 4.69) is 12.0 Å². The molecule has 2 aromatic rings. The molecule has 0 aliphatic heterocycles. The average Bonchev–Trinajstić information content (AvgIpc) is 3.02. The summed E-state index contributed by atoms with van der Waals surface area (Å²) in [7, 11) is 0. The van der Waals surface area contributed by atoms with Gasteiger partial charge in [0.1, 0.15) is 0 Å². The number of hydrogen-bond donors (Lipinski definition) is 0. The number of carbonyl (C=O) groups excluding carboxylic acids is 1. The van der Waals surface area contributed by atoms with Gasteiger partial charge in [-0.05, 0) is 43.2 Å². The molecule has 0 amide bonds. The molecule has 1 saturated carbocycles. The zero-order chi connectivity index (χ0) is 21.7. The minimum Gasteiger partial charge on any atom is -0.447 e. The largest absolute Gasteiger partial charge is 0.447 e. The zero-order valence-corrected chi connectivity index (χ0v) is 16.3. The van der Waals surface area contributed by atoms with Gasteiger partial charge in [0.05, 0.1) is 11.1 Å². The Bertz CT molecular complexity index is 933. The molecular formula is C21H21F5N2O2. The lowest BCUT2D eigenvalue weighted by atomic mass is 9.76. The van der Waals surface area contributed by atoms with Crippen LogP contribution in [0.1, 0.15) is 59.6 Å². The molecule has 0 spiro atoms. The van der Waals surface area contributed by atoms with Gasteiger partial charge in [-0.25, -0.2) is 13.6 Å². The zero-order valence-electron chi connectivity index (χ0n) is 16.3. The highest BCUT2D eigenvalue weighted by Gasteiger charge is 2.54. The highest BCUT2D eigenvalue weighted by atomic mass is 19.4. The molecule has 162 valence electrons. The van der Waals surface area contributed by atoms with E-state index >= 15 is 0 Å². The minimum absolute atomic E-state index is 0.00942. The summed E-state index contributed by atoms with van der Waals surface area (Å²) >= 11 is 0. The Morgan fingerprint density at radius 1 is 1.23 bits per heavy atom. The predicted octanol–water partition coefficient (Wildman–Crippen LogP) is 5.43. The molecule has 1 fully saturated rings. The van der Waals surface area contributed by atoms with Crippen LogP contribution in [0.25, 0.3) is 0 Å². The monoisotopic (exact) mass is 428 g/mol. The van der Waals surface area contributed by atoms with Crippen LogP contribution in [-0.4, -0.2) is 21.7 Å². The number of esters is 1. The summed E-state index contributed by atoms with van der Waals surface area (Å²) in [6.45, 7) is 2.30. The van der Waals surface area contributed by atoms with Crippen molar-refractivity contribution in [3.05, 3.63) is 52.8 Å². The summed E-state index contributed by atoms with van der Waals surface area (Å²) in [5.74, 6) is -4.07. The highest BCUT2D eigenvalue weighted by Crippen LogP contribution is 2.49. The van der Waals surface area contributed by atoms with E-state index < -0.39 is 41.9 Å². The maximum atomic E-state index is 14.7. The Labute approximate surface area is 170 Å². The standard InChI is InChI=1S/C21H21F5N2O2/c1-12-9-13(10-12)11-28-15-7-8-20(22,23)18(16(15)17(27-28)21(24,25)26)30-19(29)14-5-3-2-4-6-14/h2-6,12-13,18H,7-11H2,1H3/t12-,13-,18-/m0/s1. The lowest BCUT2D eigenvalue weighted by Crippen LogP contribution is -2.36. The van der Waals surface area contributed by atoms with Crippen LogP contribution < -0.4 is 0 Å². The summed E-state index contributed by atoms with van der Waals surface area (Å²) in [5.41, 5.74) is -2.03. The summed E-state index contributed by atoms with van der Waals surface area (Å²) in [6, 6.07) is 7.36. The molecule has 30 heavy (non-hydrogen) atoms. The van der Waals surface area contributed by atoms with Gasteiger partial charge in [-0.15, -0.1) is 0 Å². The van der Waals surface area contributed by atoms with E-state index in [0.29, 0.717) is 5.92 Å². The van der Waals surface area contributed by atoms with E-state index in [1.807, 2.05) is 0 Å². The summed E-state index contributed by atoms with van der Waals surface area (Å²) in [6.07, 6.45) is -6.52. The third kappa shape index (κ3) is 3.81. The Kier molecular flexibility index (Phi) is 5.10. The van der Waals surface area contributed by atoms with Crippen molar-refractivity contribution in [1.29, 1.82) is 0 Å². The third-order valence-corrected chi connectivity index (χ3v) is 5.84. The van der Waals surface area contributed by atoms with Crippen LogP contribution in [0.4, 0.5) is 22.0 Å². The lowest BCUT2D eigenvalue weighted by Gasteiger charge is -2.34. The number of ether oxygens (including phenoxy) is 1. The molecule has 2 aliphatic rings. The van der Waals surface area contributed by atoms with Crippen LogP contribution in [0.3, 0.4) is 0 Å². The van der Waals surface area contributed by atoms with Gasteiger partial charge in [-0.2, -0.15) is 18.3 Å². The number of carbonyl (C=O) groups is 1. The molecule has 0 radical (unpaired) electrons. The first-order valence-corrected chi connectivity index (χ1v) is 9.87. The first-order chi connectivity index (χ1) is 14.1. The van der Waals surface area contributed by atoms with Gasteiger partial charge in [0, 0.05) is 18.7 Å². The van der Waals surface area contributed by atoms with Crippen molar-refractivity contribution in [3.8, 4) is 0 Å². The second-order valence-electron chi connectivity index (χ2n) is 8.24. The summed E-state index contributed by atoms with van der Waals surface area (Å²) < 4.78 is 76.7. The first-order valence-electron chi connectivity index (χ1n) is 9.87. The van der Waals surface area contributed by atoms with E-state index in [1.54, 1.807) is 6.07 Å². The molecule has 1 aromatic heterocycles. The molecule has 0 unspecified atom stereocenters. The Morgan fingerprint density at radius 3 is 2.50 bits per heavy atom. The highest BCUT2D eigenvalue weighted by molar-refractivity contribution is 5.89. The van der Waals surface area contributed by atoms with Crippen molar-refractivity contribution in [1.82, 2.24) is 9.78 Å². The van der Waals surface area contributed by atoms with E-state index in [1.165, 1.54) is 28.9 Å². The van der Waals surface area contributed by atoms with Crippen LogP contribution in [0, 0.1) is 11.8 Å². The van der Waals surface area contributed by atoms with E-state index in [0.717, 1.165) is 12.8 Å². The fourth-order valence-corrected chi connectivity index (χ4v) is 4.39. The van der Waals surface area contributed by atoms with Crippen LogP contribution in [0.5, 0.6) is 0 Å². The number of hydrogen-bond acceptors (Lipinski definition) is 3. The number of halogens is 5. The molecule has 4 rings (SSSR count). The second kappa shape index (κ2) is 7.35. The predicted molar refractivity (Wildman–Crippen MR) is 97.0 cm³/mol. The van der Waals surface area contributed by atoms with Crippen LogP contribution >= 0.6 is 0 Å². The smallest absolute Gasteiger partial charge is 0.435 e. The number of aromatic nitrogens is 2. The normalized spacial score (nSPS) is 25.3. The van der Waals surface area contributed by atoms with Gasteiger partial charge >= 0.3 is 12.1 Å². The third-order valence-electron chi connectivity index (χ3n) is 5.84. The number of alkyl halides is 5. The van der Waals surface area contributed by atoms with Gasteiger partial charge in [-0.1, -0.05) is 25.1 Å². The van der Waals surface area contributed by atoms with E-state index in [-0.39, 0.29) is 30.1 Å². The SMILES string of the molecule is C[C@H]1C[C@H](Cn2nc(C(F)(F)F)c3c2CCC(F)(F)[C@H]3OC(=O)c2ccccc2)C1. The molecule has 0 saturated heterocycles. The Balaban J connectivity index is 1.73. The maximum absolute atomic E-state index is 14.7. The molecule has 2 aliphatic carbocycles. The van der Waals surface area contributed by atoms with Crippen molar-refractivity contribution in [3.63, 3.8) is 0 Å². The second-order valence-corrected chi connectivity index (χ2v) is 8.24. The fraction of sp³-hybridized carbons (Fsp3) is 0.524. The molecule has 1 atom stereocenters. The molecule has 4 nitrogen and oxygen atoms in total. The van der Waals surface area contributed by atoms with Crippen LogP contribution in [-0.2, 0) is 23.9 Å². The molecule has 1 aromatic carbocycles. The number of rotatable bonds is 4. The van der Waals surface area contributed by atoms with Gasteiger partial charge in [0.15, 0.2) is 11.8 Å². The molecule has 9 heteroatoms. The van der Waals surface area contributed by atoms with Crippen molar-refractivity contribution < 1.29 is 31.5 Å². The Hall–Kier alpha value is -2.45. The van der Waals surface area contributed by atoms with E-state index in [9.17, 15) is 26.7 Å². The van der Waals surface area contributed by atoms with Gasteiger partial charge < -0.3 is 4.74 Å². The molecule has 0 N–H and O–H groups in total. The maximum Gasteiger partial charge on any atom is 0.435 e. The van der Waals surface area contributed by atoms with Crippen molar-refractivity contribution >= 4 is 5.97 Å². The number of benzene rings is 1. The lowest BCUT2D eigenvalue weighted by molar-refractivity contribution is -0.151. The summed E-state index contributed by atoms with van der Waals surface area (Å²) in [5, 5.41) is 3.67. The molecular weight excluding hydrogens is 407 g/mol.